The van der Waals surface area contributed by atoms with Crippen molar-refractivity contribution in [3.8, 4) is 0 Å². The molecule has 2 fully saturated rings. The van der Waals surface area contributed by atoms with Gasteiger partial charge in [0, 0.05) is 18.3 Å². The summed E-state index contributed by atoms with van der Waals surface area (Å²) in [5.74, 6) is 2.83. The summed E-state index contributed by atoms with van der Waals surface area (Å²) in [6, 6.07) is 11.3. The first-order chi connectivity index (χ1) is 9.81. The van der Waals surface area contributed by atoms with Crippen LogP contribution in [0.5, 0.6) is 0 Å². The molecule has 1 saturated heterocycles. The van der Waals surface area contributed by atoms with Crippen LogP contribution in [0.1, 0.15) is 31.7 Å². The number of nitrogens with one attached hydrogen (secondary N) is 1. The van der Waals surface area contributed by atoms with Gasteiger partial charge in [-0.05, 0) is 30.2 Å². The lowest BCUT2D eigenvalue weighted by Gasteiger charge is -2.13. The zero-order chi connectivity index (χ0) is 13.8. The van der Waals surface area contributed by atoms with Gasteiger partial charge in [0.05, 0.1) is 0 Å². The van der Waals surface area contributed by atoms with Crippen molar-refractivity contribution in [3.05, 3.63) is 35.9 Å². The molecule has 1 heterocycles. The van der Waals surface area contributed by atoms with Crippen molar-refractivity contribution < 1.29 is 0 Å². The first-order valence-electron chi connectivity index (χ1n) is 7.79. The van der Waals surface area contributed by atoms with E-state index in [1.54, 1.807) is 0 Å². The molecule has 3 rings (SSSR count). The summed E-state index contributed by atoms with van der Waals surface area (Å²) in [4.78, 5) is 4.82. The van der Waals surface area contributed by atoms with Crippen molar-refractivity contribution in [2.45, 2.75) is 38.6 Å². The molecule has 0 radical (unpaired) electrons. The molecule has 2 aliphatic rings. The summed E-state index contributed by atoms with van der Waals surface area (Å²) in [7, 11) is 0. The largest absolute Gasteiger partial charge is 0.361 e. The molecule has 108 valence electrons. The molecule has 1 aliphatic heterocycles. The molecule has 1 aromatic carbocycles. The number of hydrogen-bond donors (Lipinski definition) is 1. The van der Waals surface area contributed by atoms with E-state index in [0.717, 1.165) is 30.6 Å². The maximum atomic E-state index is 4.82. The highest BCUT2D eigenvalue weighted by atomic mass is 32.2. The molecule has 0 amide bonds. The Morgan fingerprint density at radius 2 is 2.10 bits per heavy atom. The SMILES string of the molecule is CC1CCCC1CN=C1NC(Cc2ccccc2)CS1. The van der Waals surface area contributed by atoms with E-state index in [1.807, 2.05) is 11.8 Å². The van der Waals surface area contributed by atoms with Crippen LogP contribution in [-0.4, -0.2) is 23.5 Å². The highest BCUT2D eigenvalue weighted by Gasteiger charge is 2.24. The third-order valence-electron chi connectivity index (χ3n) is 4.58. The van der Waals surface area contributed by atoms with Crippen molar-refractivity contribution in [1.29, 1.82) is 0 Å². The van der Waals surface area contributed by atoms with Crippen LogP contribution in [0.3, 0.4) is 0 Å². The summed E-state index contributed by atoms with van der Waals surface area (Å²) < 4.78 is 0. The van der Waals surface area contributed by atoms with E-state index in [9.17, 15) is 0 Å². The van der Waals surface area contributed by atoms with E-state index in [4.69, 9.17) is 4.99 Å². The summed E-state index contributed by atoms with van der Waals surface area (Å²) in [5, 5.41) is 4.76. The van der Waals surface area contributed by atoms with Gasteiger partial charge in [-0.25, -0.2) is 0 Å². The Kier molecular flexibility index (Phi) is 4.66. The fraction of sp³-hybridized carbons (Fsp3) is 0.588. The van der Waals surface area contributed by atoms with Gasteiger partial charge in [0.25, 0.3) is 0 Å². The molecular formula is C17H24N2S. The van der Waals surface area contributed by atoms with Crippen molar-refractivity contribution in [2.24, 2.45) is 16.8 Å². The monoisotopic (exact) mass is 288 g/mol. The summed E-state index contributed by atoms with van der Waals surface area (Å²) >= 11 is 1.89. The van der Waals surface area contributed by atoms with Crippen LogP contribution in [0.4, 0.5) is 0 Å². The number of nitrogens with zero attached hydrogens (tertiary/aromatic N) is 1. The Balaban J connectivity index is 1.49. The second-order valence-corrected chi connectivity index (χ2v) is 7.16. The zero-order valence-electron chi connectivity index (χ0n) is 12.2. The normalized spacial score (nSPS) is 31.6. The maximum absolute atomic E-state index is 4.82. The van der Waals surface area contributed by atoms with Crippen molar-refractivity contribution in [2.75, 3.05) is 12.3 Å². The molecule has 1 aliphatic carbocycles. The fourth-order valence-electron chi connectivity index (χ4n) is 3.23. The molecule has 2 nitrogen and oxygen atoms in total. The molecule has 3 unspecified atom stereocenters. The molecular weight excluding hydrogens is 264 g/mol. The number of hydrogen-bond acceptors (Lipinski definition) is 2. The van der Waals surface area contributed by atoms with E-state index in [0.29, 0.717) is 6.04 Å². The Morgan fingerprint density at radius 3 is 2.85 bits per heavy atom. The summed E-state index contributed by atoms with van der Waals surface area (Å²) in [6.07, 6.45) is 5.27. The van der Waals surface area contributed by atoms with Gasteiger partial charge in [0.2, 0.25) is 0 Å². The molecule has 20 heavy (non-hydrogen) atoms. The van der Waals surface area contributed by atoms with Crippen LogP contribution < -0.4 is 5.32 Å². The van der Waals surface area contributed by atoms with Gasteiger partial charge in [0.1, 0.15) is 0 Å². The van der Waals surface area contributed by atoms with Gasteiger partial charge in [-0.2, -0.15) is 0 Å². The average Bonchev–Trinajstić information content (AvgIpc) is 3.07. The number of amidine groups is 1. The third kappa shape index (κ3) is 3.57. The van der Waals surface area contributed by atoms with Gasteiger partial charge in [-0.15, -0.1) is 0 Å². The first-order valence-corrected chi connectivity index (χ1v) is 8.77. The van der Waals surface area contributed by atoms with Crippen molar-refractivity contribution >= 4 is 16.9 Å². The molecule has 0 spiro atoms. The van der Waals surface area contributed by atoms with E-state index in [1.165, 1.54) is 30.0 Å². The Morgan fingerprint density at radius 1 is 1.25 bits per heavy atom. The van der Waals surface area contributed by atoms with E-state index >= 15 is 0 Å². The lowest BCUT2D eigenvalue weighted by molar-refractivity contribution is 0.430. The predicted molar refractivity (Wildman–Crippen MR) is 88.3 cm³/mol. The first kappa shape index (κ1) is 14.0. The highest BCUT2D eigenvalue weighted by molar-refractivity contribution is 8.14. The Bertz CT molecular complexity index is 457. The van der Waals surface area contributed by atoms with Gasteiger partial charge < -0.3 is 5.32 Å². The Labute approximate surface area is 126 Å². The minimum atomic E-state index is 0.544. The van der Waals surface area contributed by atoms with E-state index in [-0.39, 0.29) is 0 Å². The number of aliphatic imine (C=N–C) groups is 1. The molecule has 0 bridgehead atoms. The molecule has 0 aromatic heterocycles. The van der Waals surface area contributed by atoms with Crippen LogP contribution in [-0.2, 0) is 6.42 Å². The van der Waals surface area contributed by atoms with Crippen molar-refractivity contribution in [3.63, 3.8) is 0 Å². The van der Waals surface area contributed by atoms with E-state index in [2.05, 4.69) is 42.6 Å². The molecule has 1 saturated carbocycles. The second-order valence-electron chi connectivity index (χ2n) is 6.16. The number of benzene rings is 1. The van der Waals surface area contributed by atoms with Crippen molar-refractivity contribution in [1.82, 2.24) is 5.32 Å². The van der Waals surface area contributed by atoms with Gasteiger partial charge in [-0.3, -0.25) is 4.99 Å². The molecule has 1 aromatic rings. The maximum Gasteiger partial charge on any atom is 0.156 e. The fourth-order valence-corrected chi connectivity index (χ4v) is 4.21. The average molecular weight is 288 g/mol. The second kappa shape index (κ2) is 6.66. The zero-order valence-corrected chi connectivity index (χ0v) is 13.0. The van der Waals surface area contributed by atoms with Crippen LogP contribution in [0.2, 0.25) is 0 Å². The summed E-state index contributed by atoms with van der Waals surface area (Å²) in [5.41, 5.74) is 1.41. The lowest BCUT2D eigenvalue weighted by Crippen LogP contribution is -2.29. The minimum absolute atomic E-state index is 0.544. The molecule has 1 N–H and O–H groups in total. The van der Waals surface area contributed by atoms with E-state index < -0.39 is 0 Å². The standard InChI is InChI=1S/C17H24N2S/c1-13-6-5-9-15(13)11-18-17-19-16(12-20-17)10-14-7-3-2-4-8-14/h2-4,7-8,13,15-16H,5-6,9-12H2,1H3,(H,18,19). The van der Waals surface area contributed by atoms with Crippen LogP contribution in [0.25, 0.3) is 0 Å². The summed E-state index contributed by atoms with van der Waals surface area (Å²) in [6.45, 7) is 3.40. The smallest absolute Gasteiger partial charge is 0.156 e. The lowest BCUT2D eigenvalue weighted by atomic mass is 9.99. The Hall–Kier alpha value is -0.960. The highest BCUT2D eigenvalue weighted by Crippen LogP contribution is 2.31. The van der Waals surface area contributed by atoms with Crippen LogP contribution in [0, 0.1) is 11.8 Å². The third-order valence-corrected chi connectivity index (χ3v) is 5.67. The van der Waals surface area contributed by atoms with Crippen LogP contribution in [0.15, 0.2) is 35.3 Å². The van der Waals surface area contributed by atoms with Gasteiger partial charge in [-0.1, -0.05) is 61.9 Å². The quantitative estimate of drug-likeness (QED) is 0.913. The predicted octanol–water partition coefficient (Wildman–Crippen LogP) is 3.73. The van der Waals surface area contributed by atoms with Crippen LogP contribution >= 0.6 is 11.8 Å². The minimum Gasteiger partial charge on any atom is -0.361 e. The number of thioether (sulfide) groups is 1. The topological polar surface area (TPSA) is 24.4 Å². The molecule has 3 atom stereocenters. The van der Waals surface area contributed by atoms with Gasteiger partial charge >= 0.3 is 0 Å². The van der Waals surface area contributed by atoms with Gasteiger partial charge in [0.15, 0.2) is 5.17 Å². The molecule has 3 heteroatoms. The number of rotatable bonds is 4.